The van der Waals surface area contributed by atoms with Crippen molar-refractivity contribution in [1.82, 2.24) is 10.4 Å². The molecule has 0 saturated carbocycles. The summed E-state index contributed by atoms with van der Waals surface area (Å²) in [5, 5.41) is 3.89. The van der Waals surface area contributed by atoms with Gasteiger partial charge >= 0.3 is 0 Å². The Morgan fingerprint density at radius 2 is 2.35 bits per heavy atom. The number of hydrogen-bond acceptors (Lipinski definition) is 5. The van der Waals surface area contributed by atoms with Crippen LogP contribution >= 0.6 is 23.1 Å². The Balaban J connectivity index is 1.52. The summed E-state index contributed by atoms with van der Waals surface area (Å²) in [6.07, 6.45) is 9.43. The quantitative estimate of drug-likeness (QED) is 0.382. The lowest BCUT2D eigenvalue weighted by molar-refractivity contribution is -0.120. The first kappa shape index (κ1) is 16.2. The van der Waals surface area contributed by atoms with Crippen molar-refractivity contribution in [3.05, 3.63) is 36.4 Å². The molecule has 1 aliphatic rings. The van der Waals surface area contributed by atoms with E-state index in [1.165, 1.54) is 11.8 Å². The Kier molecular flexibility index (Phi) is 5.46. The molecule has 0 unspecified atom stereocenters. The van der Waals surface area contributed by atoms with E-state index in [1.54, 1.807) is 11.3 Å². The number of rotatable bonds is 5. The molecular formula is C17H19N3OS2. The highest BCUT2D eigenvalue weighted by Gasteiger charge is 2.16. The second-order valence-electron chi connectivity index (χ2n) is 5.51. The van der Waals surface area contributed by atoms with Crippen molar-refractivity contribution >= 4 is 45.4 Å². The van der Waals surface area contributed by atoms with Crippen LogP contribution in [0.3, 0.4) is 0 Å². The molecule has 4 nitrogen and oxygen atoms in total. The van der Waals surface area contributed by atoms with Crippen LogP contribution < -0.4 is 5.43 Å². The van der Waals surface area contributed by atoms with Gasteiger partial charge in [0.15, 0.2) is 4.34 Å². The van der Waals surface area contributed by atoms with E-state index < -0.39 is 0 Å². The Morgan fingerprint density at radius 1 is 1.48 bits per heavy atom. The number of nitrogens with zero attached hydrogens (tertiary/aromatic N) is 2. The molecule has 2 aromatic rings. The van der Waals surface area contributed by atoms with Gasteiger partial charge < -0.3 is 0 Å². The predicted octanol–water partition coefficient (Wildman–Crippen LogP) is 4.24. The van der Waals surface area contributed by atoms with Crippen LogP contribution in [0.1, 0.15) is 26.2 Å². The predicted molar refractivity (Wildman–Crippen MR) is 98.1 cm³/mol. The van der Waals surface area contributed by atoms with Gasteiger partial charge in [0.05, 0.1) is 15.5 Å². The largest absolute Gasteiger partial charge is 0.272 e. The molecule has 120 valence electrons. The average molecular weight is 345 g/mol. The molecule has 1 heterocycles. The molecule has 2 atom stereocenters. The maximum atomic E-state index is 12.1. The third-order valence-corrected chi connectivity index (χ3v) is 5.92. The molecule has 23 heavy (non-hydrogen) atoms. The summed E-state index contributed by atoms with van der Waals surface area (Å²) in [5.74, 6) is 0.351. The smallest absolute Gasteiger partial charge is 0.253 e. The van der Waals surface area contributed by atoms with Gasteiger partial charge in [0.1, 0.15) is 0 Å². The first-order valence-corrected chi connectivity index (χ1v) is 9.42. The van der Waals surface area contributed by atoms with E-state index in [1.807, 2.05) is 37.4 Å². The Labute approximate surface area is 144 Å². The standard InChI is InChI=1S/C17H19N3OS2/c1-12(16(21)20-18-11-13-7-3-2-4-8-13)22-17-19-14-9-5-6-10-15(14)23-17/h2-3,5-6,9-13H,4,7-8H2,1H3,(H,20,21)/b18-11+/t12-,13-/m0/s1. The highest BCUT2D eigenvalue weighted by molar-refractivity contribution is 8.02. The number of amides is 1. The number of aromatic nitrogens is 1. The number of fused-ring (bicyclic) bond motifs is 1. The molecule has 0 spiro atoms. The van der Waals surface area contributed by atoms with Crippen molar-refractivity contribution < 1.29 is 4.79 Å². The van der Waals surface area contributed by atoms with Gasteiger partial charge in [-0.15, -0.1) is 11.3 Å². The van der Waals surface area contributed by atoms with E-state index in [4.69, 9.17) is 0 Å². The zero-order chi connectivity index (χ0) is 16.1. The minimum Gasteiger partial charge on any atom is -0.272 e. The first-order valence-electron chi connectivity index (χ1n) is 7.72. The second-order valence-corrected chi connectivity index (χ2v) is 8.12. The Bertz CT molecular complexity index is 705. The van der Waals surface area contributed by atoms with Crippen molar-refractivity contribution in [2.24, 2.45) is 11.0 Å². The summed E-state index contributed by atoms with van der Waals surface area (Å²) >= 11 is 3.09. The highest BCUT2D eigenvalue weighted by Crippen LogP contribution is 2.31. The Morgan fingerprint density at radius 3 is 3.13 bits per heavy atom. The number of hydrogen-bond donors (Lipinski definition) is 1. The van der Waals surface area contributed by atoms with Gasteiger partial charge in [-0.3, -0.25) is 4.79 Å². The fraction of sp³-hybridized carbons (Fsp3) is 0.353. The van der Waals surface area contributed by atoms with Crippen molar-refractivity contribution in [3.8, 4) is 0 Å². The zero-order valence-electron chi connectivity index (χ0n) is 12.9. The van der Waals surface area contributed by atoms with Gasteiger partial charge in [-0.25, -0.2) is 10.4 Å². The van der Waals surface area contributed by atoms with Crippen LogP contribution in [0.5, 0.6) is 0 Å². The van der Waals surface area contributed by atoms with Crippen molar-refractivity contribution in [3.63, 3.8) is 0 Å². The van der Waals surface area contributed by atoms with Crippen molar-refractivity contribution in [2.45, 2.75) is 35.8 Å². The van der Waals surface area contributed by atoms with Gasteiger partial charge in [-0.2, -0.15) is 5.10 Å². The first-order chi connectivity index (χ1) is 11.2. The van der Waals surface area contributed by atoms with Gasteiger partial charge in [0.25, 0.3) is 5.91 Å². The lowest BCUT2D eigenvalue weighted by Gasteiger charge is -2.12. The SMILES string of the molecule is C[C@H](Sc1nc2ccccc2s1)C(=O)N/N=C/[C@H]1CC=CCC1. The van der Waals surface area contributed by atoms with Crippen LogP contribution in [-0.4, -0.2) is 22.4 Å². The maximum absolute atomic E-state index is 12.1. The number of carbonyl (C=O) groups is 1. The highest BCUT2D eigenvalue weighted by atomic mass is 32.2. The number of nitrogens with one attached hydrogen (secondary N) is 1. The van der Waals surface area contributed by atoms with E-state index in [-0.39, 0.29) is 11.2 Å². The van der Waals surface area contributed by atoms with Crippen LogP contribution in [0.4, 0.5) is 0 Å². The van der Waals surface area contributed by atoms with Gasteiger partial charge in [-0.05, 0) is 44.2 Å². The molecule has 1 aliphatic carbocycles. The van der Waals surface area contributed by atoms with Gasteiger partial charge in [-0.1, -0.05) is 36.0 Å². The number of thioether (sulfide) groups is 1. The second kappa shape index (κ2) is 7.75. The van der Waals surface area contributed by atoms with E-state index in [0.29, 0.717) is 5.92 Å². The number of allylic oxidation sites excluding steroid dienone is 2. The molecule has 1 amide bonds. The molecule has 1 aromatic heterocycles. The summed E-state index contributed by atoms with van der Waals surface area (Å²) in [5.41, 5.74) is 3.63. The molecule has 0 fully saturated rings. The van der Waals surface area contributed by atoms with Crippen LogP contribution in [0, 0.1) is 5.92 Å². The topological polar surface area (TPSA) is 54.4 Å². The van der Waals surface area contributed by atoms with Crippen LogP contribution in [0.25, 0.3) is 10.2 Å². The molecule has 1 aromatic carbocycles. The molecular weight excluding hydrogens is 326 g/mol. The molecule has 0 radical (unpaired) electrons. The van der Waals surface area contributed by atoms with E-state index in [0.717, 1.165) is 33.8 Å². The normalized spacial score (nSPS) is 19.3. The van der Waals surface area contributed by atoms with Crippen LogP contribution in [-0.2, 0) is 4.79 Å². The lowest BCUT2D eigenvalue weighted by atomic mass is 9.96. The number of para-hydroxylation sites is 1. The lowest BCUT2D eigenvalue weighted by Crippen LogP contribution is -2.27. The van der Waals surface area contributed by atoms with E-state index in [2.05, 4.69) is 27.7 Å². The average Bonchev–Trinajstić information content (AvgIpc) is 2.98. The van der Waals surface area contributed by atoms with Crippen LogP contribution in [0.15, 0.2) is 45.9 Å². The third-order valence-electron chi connectivity index (χ3n) is 3.69. The van der Waals surface area contributed by atoms with Gasteiger partial charge in [0.2, 0.25) is 0 Å². The molecule has 0 saturated heterocycles. The van der Waals surface area contributed by atoms with Gasteiger partial charge in [0, 0.05) is 6.21 Å². The van der Waals surface area contributed by atoms with E-state index >= 15 is 0 Å². The molecule has 0 bridgehead atoms. The molecule has 1 N–H and O–H groups in total. The molecule has 0 aliphatic heterocycles. The summed E-state index contributed by atoms with van der Waals surface area (Å²) in [7, 11) is 0. The fourth-order valence-electron chi connectivity index (χ4n) is 2.36. The maximum Gasteiger partial charge on any atom is 0.253 e. The monoisotopic (exact) mass is 345 g/mol. The number of carbonyl (C=O) groups excluding carboxylic acids is 1. The summed E-state index contributed by atoms with van der Waals surface area (Å²) in [6, 6.07) is 8.01. The number of hydrazone groups is 1. The fourth-order valence-corrected chi connectivity index (χ4v) is 4.56. The summed E-state index contributed by atoms with van der Waals surface area (Å²) in [6.45, 7) is 1.88. The Hall–Kier alpha value is -1.66. The van der Waals surface area contributed by atoms with E-state index in [9.17, 15) is 4.79 Å². The van der Waals surface area contributed by atoms with Crippen molar-refractivity contribution in [1.29, 1.82) is 0 Å². The van der Waals surface area contributed by atoms with Crippen LogP contribution in [0.2, 0.25) is 0 Å². The number of benzene rings is 1. The number of thiazole rings is 1. The zero-order valence-corrected chi connectivity index (χ0v) is 14.6. The van der Waals surface area contributed by atoms with Crippen molar-refractivity contribution in [2.75, 3.05) is 0 Å². The third kappa shape index (κ3) is 4.42. The minimum atomic E-state index is -0.223. The molecule has 3 rings (SSSR count). The minimum absolute atomic E-state index is 0.0862. The summed E-state index contributed by atoms with van der Waals surface area (Å²) in [4.78, 5) is 16.7. The summed E-state index contributed by atoms with van der Waals surface area (Å²) < 4.78 is 2.06. The molecule has 6 heteroatoms.